The molecule has 156 valence electrons. The van der Waals surface area contributed by atoms with Crippen molar-refractivity contribution >= 4 is 51.2 Å². The van der Waals surface area contributed by atoms with E-state index >= 15 is 0 Å². The number of thioether (sulfide) groups is 1. The van der Waals surface area contributed by atoms with Crippen LogP contribution in [0.3, 0.4) is 0 Å². The van der Waals surface area contributed by atoms with Gasteiger partial charge in [0, 0.05) is 29.2 Å². The predicted octanol–water partition coefficient (Wildman–Crippen LogP) is 5.56. The highest BCUT2D eigenvalue weighted by atomic mass is 32.2. The summed E-state index contributed by atoms with van der Waals surface area (Å²) >= 11 is 6.76. The van der Waals surface area contributed by atoms with Crippen molar-refractivity contribution in [3.05, 3.63) is 100 Å². The maximum Gasteiger partial charge on any atom is 0.266 e. The topological polar surface area (TPSA) is 62.2 Å². The normalized spacial score (nSPS) is 15.1. The van der Waals surface area contributed by atoms with Gasteiger partial charge in [-0.25, -0.2) is 0 Å². The van der Waals surface area contributed by atoms with Crippen molar-refractivity contribution in [2.45, 2.75) is 13.1 Å². The number of hydrogen-bond donors (Lipinski definition) is 0. The molecule has 0 unspecified atom stereocenters. The maximum atomic E-state index is 13.0. The molecule has 1 aliphatic rings. The zero-order chi connectivity index (χ0) is 22.1. The Hall–Kier alpha value is -3.60. The molecule has 1 aliphatic heterocycles. The second-order valence-corrected chi connectivity index (χ2v) is 9.06. The van der Waals surface area contributed by atoms with Crippen LogP contribution < -0.4 is 0 Å². The van der Waals surface area contributed by atoms with Crippen molar-refractivity contribution in [2.75, 3.05) is 0 Å². The van der Waals surface area contributed by atoms with E-state index in [9.17, 15) is 4.79 Å². The summed E-state index contributed by atoms with van der Waals surface area (Å²) in [5.41, 5.74) is 3.78. The van der Waals surface area contributed by atoms with Gasteiger partial charge in [-0.1, -0.05) is 54.3 Å². The van der Waals surface area contributed by atoms with Gasteiger partial charge in [0.25, 0.3) is 5.91 Å². The van der Waals surface area contributed by atoms with E-state index in [2.05, 4.69) is 29.0 Å². The van der Waals surface area contributed by atoms with Gasteiger partial charge in [0.15, 0.2) is 0 Å². The highest BCUT2D eigenvalue weighted by Gasteiger charge is 2.32. The number of hydrogen-bond acceptors (Lipinski definition) is 5. The number of rotatable bonds is 5. The maximum absolute atomic E-state index is 13.0. The van der Waals surface area contributed by atoms with E-state index in [0.29, 0.717) is 33.6 Å². The van der Waals surface area contributed by atoms with Crippen LogP contribution in [-0.4, -0.2) is 19.7 Å². The Balaban J connectivity index is 1.46. The number of para-hydroxylation sites is 1. The van der Waals surface area contributed by atoms with Crippen LogP contribution in [0, 0.1) is 11.3 Å². The molecule has 7 heteroatoms. The minimum atomic E-state index is -0.111. The summed E-state index contributed by atoms with van der Waals surface area (Å²) in [5, 5.41) is 10.1. The number of nitrogens with zero attached hydrogens (tertiary/aromatic N) is 3. The summed E-state index contributed by atoms with van der Waals surface area (Å²) in [6.07, 6.45) is 5.56. The first-order valence-electron chi connectivity index (χ1n) is 9.97. The molecule has 5 rings (SSSR count). The molecule has 0 N–H and O–H groups in total. The zero-order valence-electron chi connectivity index (χ0n) is 16.9. The number of furan rings is 1. The summed E-state index contributed by atoms with van der Waals surface area (Å²) in [5.74, 6) is 0.585. The molecule has 32 heavy (non-hydrogen) atoms. The number of thiocarbonyl (C=S) groups is 1. The minimum Gasteiger partial charge on any atom is -0.467 e. The lowest BCUT2D eigenvalue weighted by Crippen LogP contribution is -2.27. The number of nitriles is 1. The molecule has 2 aromatic heterocycles. The molecule has 2 aromatic carbocycles. The molecule has 1 amide bonds. The summed E-state index contributed by atoms with van der Waals surface area (Å²) in [6.45, 7) is 0.995. The Bertz CT molecular complexity index is 1390. The first kappa shape index (κ1) is 20.3. The summed E-state index contributed by atoms with van der Waals surface area (Å²) < 4.78 is 8.06. The number of carbonyl (C=O) groups excluding carboxylic acids is 1. The first-order chi connectivity index (χ1) is 15.6. The van der Waals surface area contributed by atoms with Crippen LogP contribution in [-0.2, 0) is 17.9 Å². The lowest BCUT2D eigenvalue weighted by molar-refractivity contribution is -0.122. The number of carbonyl (C=O) groups is 1. The third-order valence-corrected chi connectivity index (χ3v) is 6.69. The van der Waals surface area contributed by atoms with Gasteiger partial charge < -0.3 is 8.98 Å². The van der Waals surface area contributed by atoms with Crippen molar-refractivity contribution in [3.63, 3.8) is 0 Å². The molecule has 0 saturated carbocycles. The fraction of sp³-hybridized carbons (Fsp3) is 0.0800. The Kier molecular flexibility index (Phi) is 5.39. The second-order valence-electron chi connectivity index (χ2n) is 7.39. The van der Waals surface area contributed by atoms with Crippen LogP contribution in [0.25, 0.3) is 17.0 Å². The van der Waals surface area contributed by atoms with Crippen LogP contribution in [0.5, 0.6) is 0 Å². The Morgan fingerprint density at radius 3 is 2.62 bits per heavy atom. The third-order valence-electron chi connectivity index (χ3n) is 5.31. The molecule has 1 saturated heterocycles. The Morgan fingerprint density at radius 2 is 1.88 bits per heavy atom. The number of amides is 1. The molecule has 1 fully saturated rings. The van der Waals surface area contributed by atoms with E-state index in [4.69, 9.17) is 21.9 Å². The average molecular weight is 456 g/mol. The first-order valence-corrected chi connectivity index (χ1v) is 11.2. The molecular weight excluding hydrogens is 438 g/mol. The van der Waals surface area contributed by atoms with Gasteiger partial charge in [-0.2, -0.15) is 5.26 Å². The predicted molar refractivity (Wildman–Crippen MR) is 130 cm³/mol. The number of aromatic nitrogens is 1. The van der Waals surface area contributed by atoms with Crippen LogP contribution in [0.1, 0.15) is 22.5 Å². The lowest BCUT2D eigenvalue weighted by Gasteiger charge is -2.11. The molecule has 0 atom stereocenters. The van der Waals surface area contributed by atoms with Crippen LogP contribution >= 0.6 is 24.0 Å². The van der Waals surface area contributed by atoms with Gasteiger partial charge in [0.2, 0.25) is 0 Å². The Labute approximate surface area is 194 Å². The molecule has 0 bridgehead atoms. The lowest BCUT2D eigenvalue weighted by atomic mass is 10.1. The van der Waals surface area contributed by atoms with Gasteiger partial charge in [-0.15, -0.1) is 0 Å². The molecule has 3 heterocycles. The Morgan fingerprint density at radius 1 is 1.06 bits per heavy atom. The SMILES string of the molecule is N#Cc1ccc(Cn2cc(/C=C3\SC(=S)N(Cc4ccco4)C3=O)c3ccccc32)cc1. The highest BCUT2D eigenvalue weighted by molar-refractivity contribution is 8.26. The molecule has 0 radical (unpaired) electrons. The van der Waals surface area contributed by atoms with Gasteiger partial charge in [0.05, 0.1) is 29.3 Å². The molecule has 0 spiro atoms. The number of benzene rings is 2. The van der Waals surface area contributed by atoms with Crippen LogP contribution in [0.15, 0.2) is 82.4 Å². The minimum absolute atomic E-state index is 0.111. The van der Waals surface area contributed by atoms with E-state index in [0.717, 1.165) is 22.0 Å². The third kappa shape index (κ3) is 3.86. The fourth-order valence-corrected chi connectivity index (χ4v) is 4.98. The quantitative estimate of drug-likeness (QED) is 0.291. The van der Waals surface area contributed by atoms with Crippen molar-refractivity contribution in [1.29, 1.82) is 5.26 Å². The second kappa shape index (κ2) is 8.50. The van der Waals surface area contributed by atoms with E-state index in [1.807, 2.05) is 48.5 Å². The van der Waals surface area contributed by atoms with Gasteiger partial charge in [-0.05, 0) is 42.0 Å². The highest BCUT2D eigenvalue weighted by Crippen LogP contribution is 2.35. The fourth-order valence-electron chi connectivity index (χ4n) is 3.74. The van der Waals surface area contributed by atoms with Crippen LogP contribution in [0.2, 0.25) is 0 Å². The molecule has 5 nitrogen and oxygen atoms in total. The van der Waals surface area contributed by atoms with E-state index in [1.54, 1.807) is 17.2 Å². The van der Waals surface area contributed by atoms with Crippen molar-refractivity contribution < 1.29 is 9.21 Å². The molecule has 4 aromatic rings. The van der Waals surface area contributed by atoms with Crippen molar-refractivity contribution in [3.8, 4) is 6.07 Å². The summed E-state index contributed by atoms with van der Waals surface area (Å²) in [4.78, 5) is 15.2. The van der Waals surface area contributed by atoms with Crippen LogP contribution in [0.4, 0.5) is 0 Å². The average Bonchev–Trinajstić information content (AvgIpc) is 3.51. The standard InChI is InChI=1S/C25H17N3O2S2/c26-13-17-7-9-18(10-8-17)14-27-15-19(21-5-1-2-6-22(21)27)12-23-24(29)28(25(31)32-23)16-20-4-3-11-30-20/h1-12,15H,14,16H2/b23-12-. The molecular formula is C25H17N3O2S2. The van der Waals surface area contributed by atoms with E-state index in [1.165, 1.54) is 11.8 Å². The summed E-state index contributed by atoms with van der Waals surface area (Å²) in [6, 6.07) is 21.5. The summed E-state index contributed by atoms with van der Waals surface area (Å²) in [7, 11) is 0. The van der Waals surface area contributed by atoms with E-state index < -0.39 is 0 Å². The largest absolute Gasteiger partial charge is 0.467 e. The van der Waals surface area contributed by atoms with Gasteiger partial charge in [-0.3, -0.25) is 9.69 Å². The van der Waals surface area contributed by atoms with Gasteiger partial charge >= 0.3 is 0 Å². The number of fused-ring (bicyclic) bond motifs is 1. The molecule has 0 aliphatic carbocycles. The monoisotopic (exact) mass is 455 g/mol. The smallest absolute Gasteiger partial charge is 0.266 e. The van der Waals surface area contributed by atoms with Crippen molar-refractivity contribution in [1.82, 2.24) is 9.47 Å². The van der Waals surface area contributed by atoms with Crippen molar-refractivity contribution in [2.24, 2.45) is 0 Å². The zero-order valence-corrected chi connectivity index (χ0v) is 18.5. The van der Waals surface area contributed by atoms with Gasteiger partial charge in [0.1, 0.15) is 10.1 Å². The van der Waals surface area contributed by atoms with E-state index in [-0.39, 0.29) is 5.91 Å².